The molecule has 2 aliphatic heterocycles. The van der Waals surface area contributed by atoms with Gasteiger partial charge < -0.3 is 19.7 Å². The van der Waals surface area contributed by atoms with E-state index in [-0.39, 0.29) is 13.2 Å². The second kappa shape index (κ2) is 18.3. The first kappa shape index (κ1) is 29.3. The van der Waals surface area contributed by atoms with Crippen LogP contribution in [0.25, 0.3) is 0 Å². The van der Waals surface area contributed by atoms with E-state index in [1.807, 2.05) is 18.1 Å². The Morgan fingerprint density at radius 1 is 0.743 bits per heavy atom. The number of aliphatic hydroxyl groups is 2. The van der Waals surface area contributed by atoms with E-state index in [4.69, 9.17) is 19.7 Å². The summed E-state index contributed by atoms with van der Waals surface area (Å²) in [6.07, 6.45) is 4.53. The van der Waals surface area contributed by atoms with E-state index in [2.05, 4.69) is 87.1 Å². The van der Waals surface area contributed by atoms with Gasteiger partial charge in [0.1, 0.15) is 13.2 Å². The molecule has 2 aromatic rings. The van der Waals surface area contributed by atoms with Gasteiger partial charge >= 0.3 is 0 Å². The van der Waals surface area contributed by atoms with Crippen molar-refractivity contribution in [2.24, 2.45) is 0 Å². The van der Waals surface area contributed by atoms with Crippen LogP contribution in [0.4, 0.5) is 0 Å². The average molecular weight is 591 g/mol. The van der Waals surface area contributed by atoms with Gasteiger partial charge in [-0.1, -0.05) is 42.0 Å². The molecule has 2 fully saturated rings. The number of ether oxygens (including phenoxy) is 2. The van der Waals surface area contributed by atoms with Gasteiger partial charge in [-0.2, -0.15) is 0 Å². The zero-order valence-corrected chi connectivity index (χ0v) is 22.3. The molecule has 7 heteroatoms. The molecular formula is C28H35IN2O4. The summed E-state index contributed by atoms with van der Waals surface area (Å²) in [5.41, 5.74) is 3.64. The summed E-state index contributed by atoms with van der Waals surface area (Å²) in [6.45, 7) is 9.35. The van der Waals surface area contributed by atoms with E-state index < -0.39 is 0 Å². The molecule has 0 unspecified atom stereocenters. The largest absolute Gasteiger partial charge is 0.384 e. The van der Waals surface area contributed by atoms with Crippen molar-refractivity contribution in [3.05, 3.63) is 68.8 Å². The average Bonchev–Trinajstić information content (AvgIpc) is 2.91. The molecule has 0 spiro atoms. The zero-order valence-electron chi connectivity index (χ0n) is 20.2. The number of hydrogen-bond acceptors (Lipinski definition) is 6. The minimum absolute atomic E-state index is 0.0878. The van der Waals surface area contributed by atoms with Crippen LogP contribution < -0.4 is 0 Å². The van der Waals surface area contributed by atoms with Crippen LogP contribution in [0.1, 0.15) is 16.7 Å². The first-order valence-corrected chi connectivity index (χ1v) is 12.8. The fourth-order valence-electron chi connectivity index (χ4n) is 3.46. The summed E-state index contributed by atoms with van der Waals surface area (Å²) < 4.78 is 11.9. The number of morpholine rings is 2. The van der Waals surface area contributed by atoms with Crippen molar-refractivity contribution >= 4 is 22.6 Å². The summed E-state index contributed by atoms with van der Waals surface area (Å²) in [5.74, 6) is 7.52. The second-order valence-corrected chi connectivity index (χ2v) is 9.17. The van der Waals surface area contributed by atoms with Gasteiger partial charge in [-0.3, -0.25) is 9.80 Å². The van der Waals surface area contributed by atoms with Gasteiger partial charge in [-0.15, -0.1) is 6.42 Å². The number of hydrogen-bond donors (Lipinski definition) is 2. The first-order chi connectivity index (χ1) is 17.1. The molecule has 0 radical (unpaired) electrons. The predicted octanol–water partition coefficient (Wildman–Crippen LogP) is 2.60. The fourth-order valence-corrected chi connectivity index (χ4v) is 3.82. The summed E-state index contributed by atoms with van der Waals surface area (Å²) in [7, 11) is 0. The number of nitrogens with zero attached hydrogens (tertiary/aromatic N) is 2. The van der Waals surface area contributed by atoms with E-state index in [0.29, 0.717) is 0 Å². The SMILES string of the molecule is C#CCO.Ic1ccc(CN2CCOCC2)cc1.OCC#Cc1ccc(CN2CCOCC2)cc1. The van der Waals surface area contributed by atoms with Gasteiger partial charge in [0.15, 0.2) is 0 Å². The second-order valence-electron chi connectivity index (χ2n) is 7.92. The number of aliphatic hydroxyl groups excluding tert-OH is 2. The van der Waals surface area contributed by atoms with Crippen LogP contribution in [0.5, 0.6) is 0 Å². The minimum atomic E-state index is -0.153. The first-order valence-electron chi connectivity index (χ1n) is 11.7. The lowest BCUT2D eigenvalue weighted by Crippen LogP contribution is -2.35. The summed E-state index contributed by atoms with van der Waals surface area (Å²) in [5, 5.41) is 16.2. The number of rotatable bonds is 4. The van der Waals surface area contributed by atoms with E-state index in [1.165, 1.54) is 14.7 Å². The Morgan fingerprint density at radius 2 is 1.17 bits per heavy atom. The standard InChI is InChI=1S/C14H17NO2.C11H14INO.C3H4O/c16-9-1-2-13-3-5-14(6-4-13)12-15-7-10-17-11-8-15;12-11-3-1-10(2-4-11)9-13-5-7-14-8-6-13;1-2-3-4/h3-6,16H,7-12H2;1-4H,5-9H2;1,4H,3H2. The Balaban J connectivity index is 0.000000217. The smallest absolute Gasteiger partial charge is 0.104 e. The third-order valence-corrected chi connectivity index (χ3v) is 6.01. The molecule has 0 aromatic heterocycles. The van der Waals surface area contributed by atoms with Gasteiger partial charge in [0.2, 0.25) is 0 Å². The van der Waals surface area contributed by atoms with Gasteiger partial charge in [0.05, 0.1) is 26.4 Å². The number of halogens is 1. The molecule has 2 saturated heterocycles. The lowest BCUT2D eigenvalue weighted by Gasteiger charge is -2.26. The Morgan fingerprint density at radius 3 is 1.57 bits per heavy atom. The van der Waals surface area contributed by atoms with Crippen LogP contribution >= 0.6 is 22.6 Å². The van der Waals surface area contributed by atoms with E-state index in [9.17, 15) is 0 Å². The molecule has 0 bridgehead atoms. The van der Waals surface area contributed by atoms with Crippen molar-refractivity contribution in [3.8, 4) is 24.2 Å². The lowest BCUT2D eigenvalue weighted by molar-refractivity contribution is 0.0341. The van der Waals surface area contributed by atoms with E-state index >= 15 is 0 Å². The lowest BCUT2D eigenvalue weighted by atomic mass is 10.1. The topological polar surface area (TPSA) is 65.4 Å². The Hall–Kier alpha value is -1.95. The molecule has 188 valence electrons. The predicted molar refractivity (Wildman–Crippen MR) is 148 cm³/mol. The Bertz CT molecular complexity index is 921. The highest BCUT2D eigenvalue weighted by atomic mass is 127. The third kappa shape index (κ3) is 13.1. The Kier molecular flexibility index (Phi) is 15.3. The quantitative estimate of drug-likeness (QED) is 0.422. The van der Waals surface area contributed by atoms with Crippen LogP contribution in [0.2, 0.25) is 0 Å². The maximum absolute atomic E-state index is 8.61. The van der Waals surface area contributed by atoms with Crippen molar-refractivity contribution in [1.29, 1.82) is 0 Å². The van der Waals surface area contributed by atoms with Crippen LogP contribution in [0.3, 0.4) is 0 Å². The minimum Gasteiger partial charge on any atom is -0.384 e. The van der Waals surface area contributed by atoms with Gasteiger partial charge in [0, 0.05) is 48.4 Å². The molecule has 6 nitrogen and oxygen atoms in total. The molecule has 35 heavy (non-hydrogen) atoms. The fraction of sp³-hybridized carbons (Fsp3) is 0.429. The van der Waals surface area contributed by atoms with Crippen LogP contribution in [-0.2, 0) is 22.6 Å². The van der Waals surface area contributed by atoms with Crippen molar-refractivity contribution in [2.45, 2.75) is 13.1 Å². The van der Waals surface area contributed by atoms with Crippen molar-refractivity contribution in [1.82, 2.24) is 9.80 Å². The van der Waals surface area contributed by atoms with Crippen LogP contribution in [0, 0.1) is 27.8 Å². The van der Waals surface area contributed by atoms with Crippen molar-refractivity contribution in [3.63, 3.8) is 0 Å². The number of benzene rings is 2. The molecular weight excluding hydrogens is 555 g/mol. The normalized spacial score (nSPS) is 15.8. The summed E-state index contributed by atoms with van der Waals surface area (Å²) in [6, 6.07) is 16.9. The van der Waals surface area contributed by atoms with Crippen LogP contribution in [-0.4, -0.2) is 85.8 Å². The van der Waals surface area contributed by atoms with Gasteiger partial charge in [0.25, 0.3) is 0 Å². The molecule has 4 rings (SSSR count). The molecule has 0 amide bonds. The van der Waals surface area contributed by atoms with Gasteiger partial charge in [-0.25, -0.2) is 0 Å². The van der Waals surface area contributed by atoms with Gasteiger partial charge in [-0.05, 0) is 58.0 Å². The molecule has 2 aliphatic rings. The summed E-state index contributed by atoms with van der Waals surface area (Å²) in [4.78, 5) is 4.82. The summed E-state index contributed by atoms with van der Waals surface area (Å²) >= 11 is 2.33. The molecule has 2 N–H and O–H groups in total. The Labute approximate surface area is 223 Å². The monoisotopic (exact) mass is 590 g/mol. The molecule has 0 aliphatic carbocycles. The molecule has 2 aromatic carbocycles. The highest BCUT2D eigenvalue weighted by Gasteiger charge is 2.11. The third-order valence-electron chi connectivity index (χ3n) is 5.29. The highest BCUT2D eigenvalue weighted by molar-refractivity contribution is 14.1. The molecule has 0 atom stereocenters. The van der Waals surface area contributed by atoms with E-state index in [1.54, 1.807) is 0 Å². The zero-order chi connectivity index (χ0) is 25.1. The van der Waals surface area contributed by atoms with E-state index in [0.717, 1.165) is 71.3 Å². The maximum atomic E-state index is 8.61. The van der Waals surface area contributed by atoms with Crippen molar-refractivity contribution < 1.29 is 19.7 Å². The van der Waals surface area contributed by atoms with Crippen LogP contribution in [0.15, 0.2) is 48.5 Å². The highest BCUT2D eigenvalue weighted by Crippen LogP contribution is 2.10. The molecule has 0 saturated carbocycles. The number of terminal acetylenes is 1. The van der Waals surface area contributed by atoms with Crippen molar-refractivity contribution in [2.75, 3.05) is 65.8 Å². The molecule has 2 heterocycles. The maximum Gasteiger partial charge on any atom is 0.104 e.